The van der Waals surface area contributed by atoms with Gasteiger partial charge in [-0.1, -0.05) is 89.2 Å². The highest BCUT2D eigenvalue weighted by Crippen LogP contribution is 2.41. The molecule has 4 rings (SSSR count). The van der Waals surface area contributed by atoms with Gasteiger partial charge in [0.15, 0.2) is 15.2 Å². The predicted octanol–water partition coefficient (Wildman–Crippen LogP) is 7.67. The second-order valence-corrected chi connectivity index (χ2v) is 8.77. The Morgan fingerprint density at radius 3 is 2.44 bits per heavy atom. The first-order valence-electron chi connectivity index (χ1n) is 9.91. The number of benzene rings is 3. The zero-order valence-electron chi connectivity index (χ0n) is 17.2. The molecule has 160 valence electrons. The van der Waals surface area contributed by atoms with Gasteiger partial charge in [-0.25, -0.2) is 4.98 Å². The van der Waals surface area contributed by atoms with Crippen LogP contribution < -0.4 is 10.6 Å². The molecule has 0 atom stereocenters. The molecule has 0 saturated carbocycles. The Kier molecular flexibility index (Phi) is 7.21. The fourth-order valence-electron chi connectivity index (χ4n) is 2.90. The van der Waals surface area contributed by atoms with E-state index in [1.54, 1.807) is 0 Å². The van der Waals surface area contributed by atoms with E-state index < -0.39 is 0 Å². The Bertz CT molecular complexity index is 1240. The molecule has 0 aliphatic heterocycles. The highest BCUT2D eigenvalue weighted by molar-refractivity contribution is 7.80. The Balaban J connectivity index is 1.56. The van der Waals surface area contributed by atoms with Crippen molar-refractivity contribution in [3.8, 4) is 11.3 Å². The fraction of sp³-hybridized carbons (Fsp3) is 0.0833. The van der Waals surface area contributed by atoms with Gasteiger partial charge in [0.1, 0.15) is 5.69 Å². The summed E-state index contributed by atoms with van der Waals surface area (Å²) in [6.45, 7) is 2.65. The lowest BCUT2D eigenvalue weighted by Crippen LogP contribution is -2.27. The van der Waals surface area contributed by atoms with Gasteiger partial charge < -0.3 is 10.6 Å². The van der Waals surface area contributed by atoms with Crippen LogP contribution in [-0.4, -0.2) is 10.1 Å². The molecule has 2 N–H and O–H groups in total. The zero-order chi connectivity index (χ0) is 22.3. The maximum Gasteiger partial charge on any atom is 0.191 e. The summed E-state index contributed by atoms with van der Waals surface area (Å²) in [5.74, 6) is 0. The normalized spacial score (nSPS) is 10.9. The lowest BCUT2D eigenvalue weighted by Gasteiger charge is -2.08. The lowest BCUT2D eigenvalue weighted by molar-refractivity contribution is 0.925. The highest BCUT2D eigenvalue weighted by atomic mass is 35.5. The van der Waals surface area contributed by atoms with Crippen molar-refractivity contribution in [1.29, 1.82) is 0 Å². The molecule has 0 unspecified atom stereocenters. The van der Waals surface area contributed by atoms with E-state index in [0.717, 1.165) is 16.8 Å². The number of aryl methyl sites for hydroxylation is 1. The largest absolute Gasteiger partial charge is 0.358 e. The number of thiazole rings is 1. The van der Waals surface area contributed by atoms with Gasteiger partial charge in [0, 0.05) is 12.1 Å². The molecule has 0 bridgehead atoms. The minimum Gasteiger partial charge on any atom is -0.358 e. The summed E-state index contributed by atoms with van der Waals surface area (Å²) in [5, 5.41) is 17.5. The van der Waals surface area contributed by atoms with Crippen LogP contribution in [0.25, 0.3) is 11.3 Å². The summed E-state index contributed by atoms with van der Waals surface area (Å²) >= 11 is 13.2. The number of azo groups is 1. The van der Waals surface area contributed by atoms with E-state index in [-0.39, 0.29) is 0 Å². The minimum atomic E-state index is 0.482. The maximum atomic E-state index is 6.43. The van der Waals surface area contributed by atoms with Crippen LogP contribution in [0.3, 0.4) is 0 Å². The monoisotopic (exact) mass is 477 g/mol. The SMILES string of the molecule is Cc1ccc(N=Nc2sc(NC(=S)NCc3ccccc3)nc2-c2ccccc2Cl)cc1. The predicted molar refractivity (Wildman–Crippen MR) is 137 cm³/mol. The quantitative estimate of drug-likeness (QED) is 0.221. The van der Waals surface area contributed by atoms with Gasteiger partial charge in [-0.3, -0.25) is 0 Å². The Hall–Kier alpha value is -3.13. The van der Waals surface area contributed by atoms with Crippen LogP contribution in [0.15, 0.2) is 89.1 Å². The number of anilines is 1. The molecule has 8 heteroatoms. The van der Waals surface area contributed by atoms with E-state index in [0.29, 0.717) is 32.5 Å². The lowest BCUT2D eigenvalue weighted by atomic mass is 10.1. The van der Waals surface area contributed by atoms with Crippen molar-refractivity contribution < 1.29 is 0 Å². The molecule has 1 aromatic heterocycles. The first-order valence-corrected chi connectivity index (χ1v) is 11.5. The van der Waals surface area contributed by atoms with Gasteiger partial charge >= 0.3 is 0 Å². The third kappa shape index (κ3) is 5.76. The van der Waals surface area contributed by atoms with E-state index in [1.807, 2.05) is 85.8 Å². The van der Waals surface area contributed by atoms with Crippen molar-refractivity contribution >= 4 is 56.1 Å². The maximum absolute atomic E-state index is 6.43. The summed E-state index contributed by atoms with van der Waals surface area (Å²) < 4.78 is 0. The second kappa shape index (κ2) is 10.5. The van der Waals surface area contributed by atoms with Gasteiger partial charge in [0.05, 0.1) is 10.7 Å². The average molecular weight is 478 g/mol. The number of nitrogens with one attached hydrogen (secondary N) is 2. The number of hydrogen-bond donors (Lipinski definition) is 2. The van der Waals surface area contributed by atoms with Crippen LogP contribution >= 0.6 is 35.2 Å². The van der Waals surface area contributed by atoms with E-state index in [9.17, 15) is 0 Å². The van der Waals surface area contributed by atoms with Crippen LogP contribution in [0.5, 0.6) is 0 Å². The molecule has 0 radical (unpaired) electrons. The van der Waals surface area contributed by atoms with Crippen molar-refractivity contribution in [3.05, 3.63) is 95.0 Å². The first kappa shape index (κ1) is 22.1. The molecule has 1 heterocycles. The molecule has 0 fully saturated rings. The summed E-state index contributed by atoms with van der Waals surface area (Å²) in [4.78, 5) is 4.70. The fourth-order valence-corrected chi connectivity index (χ4v) is 4.16. The van der Waals surface area contributed by atoms with Crippen LogP contribution in [0.4, 0.5) is 15.8 Å². The average Bonchev–Trinajstić information content (AvgIpc) is 3.20. The summed E-state index contributed by atoms with van der Waals surface area (Å²) in [5.41, 5.74) is 4.52. The molecule has 0 saturated heterocycles. The second-order valence-electron chi connectivity index (χ2n) is 6.98. The smallest absolute Gasteiger partial charge is 0.191 e. The highest BCUT2D eigenvalue weighted by Gasteiger charge is 2.16. The summed E-state index contributed by atoms with van der Waals surface area (Å²) in [6, 6.07) is 25.5. The number of hydrogen-bond acceptors (Lipinski definition) is 5. The Morgan fingerprint density at radius 2 is 1.69 bits per heavy atom. The van der Waals surface area contributed by atoms with Crippen molar-refractivity contribution in [2.45, 2.75) is 13.5 Å². The van der Waals surface area contributed by atoms with Crippen molar-refractivity contribution in [2.24, 2.45) is 10.2 Å². The van der Waals surface area contributed by atoms with Gasteiger partial charge in [-0.2, -0.15) is 0 Å². The Labute approximate surface area is 201 Å². The number of halogens is 1. The molecule has 0 aliphatic carbocycles. The van der Waals surface area contributed by atoms with Gasteiger partial charge in [-0.05, 0) is 42.9 Å². The number of thiocarbonyl (C=S) groups is 1. The number of nitrogens with zero attached hydrogens (tertiary/aromatic N) is 3. The molecule has 3 aromatic carbocycles. The molecule has 5 nitrogen and oxygen atoms in total. The Morgan fingerprint density at radius 1 is 0.969 bits per heavy atom. The third-order valence-electron chi connectivity index (χ3n) is 4.54. The third-order valence-corrected chi connectivity index (χ3v) is 5.98. The first-order chi connectivity index (χ1) is 15.6. The van der Waals surface area contributed by atoms with Crippen molar-refractivity contribution in [2.75, 3.05) is 5.32 Å². The van der Waals surface area contributed by atoms with Crippen molar-refractivity contribution in [1.82, 2.24) is 10.3 Å². The van der Waals surface area contributed by atoms with Gasteiger partial charge in [-0.15, -0.1) is 10.2 Å². The van der Waals surface area contributed by atoms with Crippen molar-refractivity contribution in [3.63, 3.8) is 0 Å². The molecule has 0 amide bonds. The molecular formula is C24H20ClN5S2. The van der Waals surface area contributed by atoms with E-state index >= 15 is 0 Å². The topological polar surface area (TPSA) is 61.7 Å². The van der Waals surface area contributed by atoms with Gasteiger partial charge in [0.2, 0.25) is 0 Å². The van der Waals surface area contributed by atoms with E-state index in [2.05, 4.69) is 20.9 Å². The van der Waals surface area contributed by atoms with Crippen LogP contribution in [-0.2, 0) is 6.54 Å². The molecule has 0 spiro atoms. The molecule has 4 aromatic rings. The van der Waals surface area contributed by atoms with E-state index in [1.165, 1.54) is 16.9 Å². The molecule has 0 aliphatic rings. The standard InChI is InChI=1S/C24H20ClN5S2/c1-16-11-13-18(14-12-16)29-30-22-21(19-9-5-6-10-20(19)25)27-24(32-22)28-23(31)26-15-17-7-3-2-4-8-17/h2-14H,15H2,1H3,(H2,26,27,28,31). The van der Waals surface area contributed by atoms with E-state index in [4.69, 9.17) is 28.8 Å². The van der Waals surface area contributed by atoms with Gasteiger partial charge in [0.25, 0.3) is 0 Å². The summed E-state index contributed by atoms with van der Waals surface area (Å²) in [6.07, 6.45) is 0. The van der Waals surface area contributed by atoms with Crippen LogP contribution in [0, 0.1) is 6.92 Å². The number of aromatic nitrogens is 1. The van der Waals surface area contributed by atoms with Crippen LogP contribution in [0.2, 0.25) is 5.02 Å². The molecular weight excluding hydrogens is 458 g/mol. The number of rotatable bonds is 6. The zero-order valence-corrected chi connectivity index (χ0v) is 19.6. The minimum absolute atomic E-state index is 0.482. The molecule has 32 heavy (non-hydrogen) atoms. The van der Waals surface area contributed by atoms with Crippen LogP contribution in [0.1, 0.15) is 11.1 Å². The summed E-state index contributed by atoms with van der Waals surface area (Å²) in [7, 11) is 0.